The SMILES string of the molecule is COC(=O)[C@@H]1C[C@@]2(CN1)C(C)(C)C21CCC1.COC(=O)[C@@H]1C[C@@]2(CN1C(=O)[C@@H](CC(=O)OC(C)(C)C)C(C)(C)C)C(C)(C)C21CCC1. The van der Waals surface area contributed by atoms with Crippen LogP contribution in [-0.4, -0.2) is 73.7 Å². The Balaban J connectivity index is 0.000000225. The van der Waals surface area contributed by atoms with E-state index in [2.05, 4.69) is 33.0 Å². The normalized spacial score (nSPS) is 33.7. The lowest BCUT2D eigenvalue weighted by atomic mass is 9.73. The second-order valence-electron chi connectivity index (χ2n) is 18.9. The molecule has 0 radical (unpaired) electrons. The van der Waals surface area contributed by atoms with E-state index in [1.165, 1.54) is 39.9 Å². The highest BCUT2D eigenvalue weighted by molar-refractivity contribution is 5.89. The van der Waals surface area contributed by atoms with Gasteiger partial charge in [-0.1, -0.05) is 61.3 Å². The summed E-state index contributed by atoms with van der Waals surface area (Å²) in [6, 6.07) is -0.649. The molecule has 9 heteroatoms. The van der Waals surface area contributed by atoms with Crippen molar-refractivity contribution in [1.82, 2.24) is 10.2 Å². The van der Waals surface area contributed by atoms with Crippen molar-refractivity contribution < 1.29 is 33.4 Å². The van der Waals surface area contributed by atoms with Gasteiger partial charge in [0.25, 0.3) is 0 Å². The Morgan fingerprint density at radius 1 is 0.766 bits per heavy atom. The average molecular weight is 659 g/mol. The minimum Gasteiger partial charge on any atom is -0.468 e. The molecule has 9 nitrogen and oxygen atoms in total. The summed E-state index contributed by atoms with van der Waals surface area (Å²) in [5.41, 5.74) is 0.550. The van der Waals surface area contributed by atoms with Crippen LogP contribution < -0.4 is 5.32 Å². The molecule has 4 spiro atoms. The van der Waals surface area contributed by atoms with Gasteiger partial charge in [0.2, 0.25) is 5.91 Å². The summed E-state index contributed by atoms with van der Waals surface area (Å²) in [5.74, 6) is -1.53. The van der Waals surface area contributed by atoms with Crippen molar-refractivity contribution in [2.45, 2.75) is 145 Å². The predicted octanol–water partition coefficient (Wildman–Crippen LogP) is 6.07. The molecule has 0 aromatic rings. The maximum atomic E-state index is 13.9. The van der Waals surface area contributed by atoms with Gasteiger partial charge in [0.15, 0.2) is 0 Å². The van der Waals surface area contributed by atoms with Crippen molar-refractivity contribution in [1.29, 1.82) is 0 Å². The van der Waals surface area contributed by atoms with Crippen molar-refractivity contribution in [2.24, 2.45) is 43.8 Å². The molecule has 266 valence electrons. The number of amides is 1. The third-order valence-corrected chi connectivity index (χ3v) is 14.8. The zero-order valence-electron chi connectivity index (χ0n) is 31.3. The summed E-state index contributed by atoms with van der Waals surface area (Å²) < 4.78 is 15.5. The lowest BCUT2D eigenvalue weighted by Crippen LogP contribution is -2.48. The Morgan fingerprint density at radius 3 is 1.68 bits per heavy atom. The number of fused-ring (bicyclic) bond motifs is 2. The minimum absolute atomic E-state index is 0.00549. The molecule has 4 saturated carbocycles. The van der Waals surface area contributed by atoms with Crippen LogP contribution in [-0.2, 0) is 33.4 Å². The minimum atomic E-state index is -0.608. The van der Waals surface area contributed by atoms with Crippen molar-refractivity contribution in [3.63, 3.8) is 0 Å². The molecule has 6 aliphatic rings. The lowest BCUT2D eigenvalue weighted by Gasteiger charge is -2.35. The number of hydrogen-bond donors (Lipinski definition) is 1. The van der Waals surface area contributed by atoms with Gasteiger partial charge in [-0.05, 0) is 91.8 Å². The molecule has 1 N–H and O–H groups in total. The van der Waals surface area contributed by atoms with E-state index < -0.39 is 23.0 Å². The summed E-state index contributed by atoms with van der Waals surface area (Å²) in [6.07, 6.45) is 9.26. The van der Waals surface area contributed by atoms with Crippen LogP contribution in [0.1, 0.15) is 127 Å². The zero-order valence-corrected chi connectivity index (χ0v) is 31.3. The van der Waals surface area contributed by atoms with Gasteiger partial charge in [-0.15, -0.1) is 0 Å². The van der Waals surface area contributed by atoms with Crippen LogP contribution in [0.15, 0.2) is 0 Å². The average Bonchev–Trinajstić information content (AvgIpc) is 3.29. The fraction of sp³-hybridized carbons (Fsp3) is 0.895. The summed E-state index contributed by atoms with van der Waals surface area (Å²) in [7, 11) is 2.86. The monoisotopic (exact) mass is 658 g/mol. The number of esters is 3. The van der Waals surface area contributed by atoms with Gasteiger partial charge < -0.3 is 24.4 Å². The van der Waals surface area contributed by atoms with Crippen LogP contribution in [0.2, 0.25) is 0 Å². The summed E-state index contributed by atoms with van der Waals surface area (Å²) >= 11 is 0. The van der Waals surface area contributed by atoms with Crippen LogP contribution in [0.4, 0.5) is 0 Å². The molecule has 0 aromatic heterocycles. The highest BCUT2D eigenvalue weighted by Gasteiger charge is 2.86. The number of rotatable bonds is 5. The van der Waals surface area contributed by atoms with Gasteiger partial charge in [0.05, 0.1) is 26.6 Å². The van der Waals surface area contributed by atoms with E-state index in [1.54, 1.807) is 4.90 Å². The molecule has 1 amide bonds. The van der Waals surface area contributed by atoms with Crippen molar-refractivity contribution >= 4 is 23.8 Å². The van der Waals surface area contributed by atoms with Crippen LogP contribution >= 0.6 is 0 Å². The molecule has 0 aromatic carbocycles. The number of nitrogens with one attached hydrogen (secondary N) is 1. The fourth-order valence-electron chi connectivity index (χ4n) is 11.5. The van der Waals surface area contributed by atoms with E-state index in [0.717, 1.165) is 25.8 Å². The van der Waals surface area contributed by atoms with E-state index in [9.17, 15) is 19.2 Å². The predicted molar refractivity (Wildman–Crippen MR) is 179 cm³/mol. The number of hydrogen-bond acceptors (Lipinski definition) is 8. The number of nitrogens with zero attached hydrogens (tertiary/aromatic N) is 1. The topological polar surface area (TPSA) is 111 Å². The third-order valence-electron chi connectivity index (χ3n) is 14.8. The highest BCUT2D eigenvalue weighted by atomic mass is 16.6. The first-order valence-corrected chi connectivity index (χ1v) is 18.0. The maximum Gasteiger partial charge on any atom is 0.328 e. The van der Waals surface area contributed by atoms with Crippen LogP contribution in [0.3, 0.4) is 0 Å². The zero-order chi connectivity index (χ0) is 35.2. The maximum absolute atomic E-state index is 13.9. The Hall–Kier alpha value is -2.16. The molecule has 0 unspecified atom stereocenters. The summed E-state index contributed by atoms with van der Waals surface area (Å²) in [4.78, 5) is 52.6. The number of likely N-dealkylation sites (tertiary alicyclic amines) is 1. The first-order valence-electron chi connectivity index (χ1n) is 18.0. The number of methoxy groups -OCH3 is 2. The highest BCUT2D eigenvalue weighted by Crippen LogP contribution is 2.89. The quantitative estimate of drug-likeness (QED) is 0.280. The number of carbonyl (C=O) groups excluding carboxylic acids is 4. The van der Waals surface area contributed by atoms with Crippen LogP contribution in [0.25, 0.3) is 0 Å². The summed E-state index contributed by atoms with van der Waals surface area (Å²) in [5, 5.41) is 3.36. The lowest BCUT2D eigenvalue weighted by molar-refractivity contribution is -0.162. The molecule has 6 fully saturated rings. The molecule has 2 aliphatic heterocycles. The van der Waals surface area contributed by atoms with Crippen molar-refractivity contribution in [3.05, 3.63) is 0 Å². The van der Waals surface area contributed by atoms with Gasteiger partial charge in [-0.2, -0.15) is 0 Å². The van der Waals surface area contributed by atoms with Crippen molar-refractivity contribution in [2.75, 3.05) is 27.3 Å². The smallest absolute Gasteiger partial charge is 0.328 e. The Bertz CT molecular complexity index is 1300. The second-order valence-corrected chi connectivity index (χ2v) is 18.9. The van der Waals surface area contributed by atoms with E-state index in [0.29, 0.717) is 29.2 Å². The number of carbonyl (C=O) groups is 4. The Morgan fingerprint density at radius 2 is 1.28 bits per heavy atom. The molecule has 2 heterocycles. The van der Waals surface area contributed by atoms with Crippen molar-refractivity contribution in [3.8, 4) is 0 Å². The van der Waals surface area contributed by atoms with Gasteiger partial charge >= 0.3 is 17.9 Å². The fourth-order valence-corrected chi connectivity index (χ4v) is 11.5. The Labute approximate surface area is 283 Å². The molecule has 47 heavy (non-hydrogen) atoms. The largest absolute Gasteiger partial charge is 0.468 e. The second kappa shape index (κ2) is 11.2. The van der Waals surface area contributed by atoms with E-state index >= 15 is 0 Å². The van der Waals surface area contributed by atoms with E-state index in [-0.39, 0.29) is 52.5 Å². The van der Waals surface area contributed by atoms with Gasteiger partial charge in [0, 0.05) is 18.5 Å². The van der Waals surface area contributed by atoms with Gasteiger partial charge in [0.1, 0.15) is 17.7 Å². The van der Waals surface area contributed by atoms with E-state index in [4.69, 9.17) is 14.2 Å². The molecule has 2 saturated heterocycles. The standard InChI is InChI=1S/C25H41NO5.C13H21NO2/c1-21(2,3)16(13-18(27)31-22(4,5)6)19(28)26-15-25(14-17(26)20(29)30-9)23(7,8)24(25)11-10-12-24;1-11(2)12(5-4-6-12)13(11)7-9(14-8-13)10(15)16-3/h16-17H,10-15H2,1-9H3;9,14H,4-8H2,1-3H3/t16-,17+,25-;9-,13+/m10/s1. The Kier molecular flexibility index (Phi) is 8.59. The molecular weight excluding hydrogens is 596 g/mol. The van der Waals surface area contributed by atoms with Gasteiger partial charge in [-0.25, -0.2) is 4.79 Å². The first kappa shape index (κ1) is 36.1. The molecular formula is C38H62N2O7. The van der Waals surface area contributed by atoms with Crippen LogP contribution in [0, 0.1) is 43.8 Å². The molecule has 0 bridgehead atoms. The summed E-state index contributed by atoms with van der Waals surface area (Å²) in [6.45, 7) is 22.3. The first-order chi connectivity index (χ1) is 21.5. The molecule has 6 rings (SSSR count). The molecule has 4 aliphatic carbocycles. The molecule has 5 atom stereocenters. The van der Waals surface area contributed by atoms with E-state index in [1.807, 2.05) is 41.5 Å². The third kappa shape index (κ3) is 5.00. The van der Waals surface area contributed by atoms with Crippen LogP contribution in [0.5, 0.6) is 0 Å². The number of ether oxygens (including phenoxy) is 3. The van der Waals surface area contributed by atoms with Gasteiger partial charge in [-0.3, -0.25) is 14.4 Å².